The van der Waals surface area contributed by atoms with Crippen LogP contribution in [0, 0.1) is 5.41 Å². The van der Waals surface area contributed by atoms with E-state index < -0.39 is 0 Å². The minimum atomic E-state index is -0.138. The Bertz CT molecular complexity index is 1160. The van der Waals surface area contributed by atoms with Crippen molar-refractivity contribution in [2.75, 3.05) is 7.11 Å². The fourth-order valence-electron chi connectivity index (χ4n) is 4.32. The first-order valence-corrected chi connectivity index (χ1v) is 11.0. The molecule has 1 aromatic heterocycles. The van der Waals surface area contributed by atoms with Crippen LogP contribution in [0.1, 0.15) is 48.7 Å². The van der Waals surface area contributed by atoms with Gasteiger partial charge in [0.1, 0.15) is 5.75 Å². The maximum atomic E-state index is 7.84. The molecule has 2 atom stereocenters. The quantitative estimate of drug-likeness (QED) is 0.178. The van der Waals surface area contributed by atoms with Crippen molar-refractivity contribution in [3.05, 3.63) is 64.6 Å². The van der Waals surface area contributed by atoms with Gasteiger partial charge in [0, 0.05) is 16.3 Å². The van der Waals surface area contributed by atoms with Gasteiger partial charge >= 0.3 is 0 Å². The number of nitrogens with zero attached hydrogens (tertiary/aromatic N) is 3. The third-order valence-corrected chi connectivity index (χ3v) is 6.21. The van der Waals surface area contributed by atoms with Crippen molar-refractivity contribution >= 4 is 65.4 Å². The topological polar surface area (TPSA) is 114 Å². The lowest BCUT2D eigenvalue weighted by atomic mass is 9.80. The SMILES string of the molecule is COc1ccc2nc(C=Cc3ccc(Cl)cc3)nc([C@@H]3CCCC[C@@H]3N(N)C(=N)N)c2c1.Cl.Cl. The Morgan fingerprint density at radius 1 is 1.09 bits per heavy atom. The van der Waals surface area contributed by atoms with E-state index in [1.165, 1.54) is 5.01 Å². The number of benzene rings is 2. The number of nitrogens with two attached hydrogens (primary N) is 2. The molecule has 4 rings (SSSR count). The zero-order valence-electron chi connectivity index (χ0n) is 18.8. The van der Waals surface area contributed by atoms with Crippen molar-refractivity contribution in [2.24, 2.45) is 11.6 Å². The first kappa shape index (κ1) is 27.7. The van der Waals surface area contributed by atoms with Gasteiger partial charge in [-0.05, 0) is 54.8 Å². The average molecular weight is 524 g/mol. The molecule has 0 saturated heterocycles. The summed E-state index contributed by atoms with van der Waals surface area (Å²) < 4.78 is 5.45. The van der Waals surface area contributed by atoms with E-state index in [0.29, 0.717) is 10.8 Å². The summed E-state index contributed by atoms with van der Waals surface area (Å²) in [6.45, 7) is 0. The number of ether oxygens (including phenoxy) is 1. The molecule has 1 aliphatic rings. The number of rotatable bonds is 5. The van der Waals surface area contributed by atoms with Crippen LogP contribution in [0.15, 0.2) is 42.5 Å². The van der Waals surface area contributed by atoms with Crippen LogP contribution >= 0.6 is 36.4 Å². The van der Waals surface area contributed by atoms with Crippen molar-refractivity contribution < 1.29 is 4.74 Å². The van der Waals surface area contributed by atoms with Gasteiger partial charge in [0.05, 0.1) is 24.4 Å². The van der Waals surface area contributed by atoms with Crippen LogP contribution in [-0.2, 0) is 0 Å². The summed E-state index contributed by atoms with van der Waals surface area (Å²) in [7, 11) is 1.64. The summed E-state index contributed by atoms with van der Waals surface area (Å²) in [4.78, 5) is 9.70. The molecule has 0 amide bonds. The fraction of sp³-hybridized carbons (Fsp3) is 0.292. The van der Waals surface area contributed by atoms with Gasteiger partial charge in [0.2, 0.25) is 5.96 Å². The normalized spacial score (nSPS) is 17.6. The number of hydrazine groups is 1. The predicted octanol–water partition coefficient (Wildman–Crippen LogP) is 5.40. The molecule has 1 saturated carbocycles. The molecule has 7 nitrogen and oxygen atoms in total. The summed E-state index contributed by atoms with van der Waals surface area (Å²) in [5.74, 6) is 7.44. The highest BCUT2D eigenvalue weighted by atomic mass is 35.5. The number of hydrogen-bond donors (Lipinski definition) is 3. The number of guanidine groups is 1. The van der Waals surface area contributed by atoms with Crippen LogP contribution in [-0.4, -0.2) is 34.1 Å². The summed E-state index contributed by atoms with van der Waals surface area (Å²) >= 11 is 5.99. The standard InChI is InChI=1S/C24H27ClN6O.2ClH/c1-32-17-11-12-20-19(14-17)23(18-4-2-3-5-21(18)31(28)24(26)27)30-22(29-20)13-8-15-6-9-16(25)10-7-15;;/h6-14,18,21H,2-5,28H2,1H3,(H3,26,27);2*1H/t18-,21+;;/m1../s1. The molecule has 10 heteroatoms. The van der Waals surface area contributed by atoms with E-state index in [1.54, 1.807) is 7.11 Å². The van der Waals surface area contributed by atoms with Crippen molar-refractivity contribution in [2.45, 2.75) is 37.6 Å². The molecule has 5 N–H and O–H groups in total. The Hall–Kier alpha value is -2.58. The van der Waals surface area contributed by atoms with E-state index in [4.69, 9.17) is 43.3 Å². The highest BCUT2D eigenvalue weighted by molar-refractivity contribution is 6.30. The molecule has 3 aromatic rings. The van der Waals surface area contributed by atoms with Crippen molar-refractivity contribution in [3.63, 3.8) is 0 Å². The van der Waals surface area contributed by atoms with Gasteiger partial charge in [-0.1, -0.05) is 42.7 Å². The maximum Gasteiger partial charge on any atom is 0.203 e. The summed E-state index contributed by atoms with van der Waals surface area (Å²) in [6, 6.07) is 13.3. The molecule has 0 bridgehead atoms. The first-order chi connectivity index (χ1) is 15.5. The molecule has 0 aliphatic heterocycles. The minimum Gasteiger partial charge on any atom is -0.497 e. The van der Waals surface area contributed by atoms with E-state index in [9.17, 15) is 0 Å². The van der Waals surface area contributed by atoms with Gasteiger partial charge in [0.25, 0.3) is 0 Å². The van der Waals surface area contributed by atoms with E-state index in [0.717, 1.165) is 53.6 Å². The predicted molar refractivity (Wildman–Crippen MR) is 144 cm³/mol. The molecule has 0 radical (unpaired) electrons. The second kappa shape index (κ2) is 12.2. The van der Waals surface area contributed by atoms with E-state index in [1.807, 2.05) is 54.6 Å². The molecular weight excluding hydrogens is 495 g/mol. The largest absolute Gasteiger partial charge is 0.497 e. The van der Waals surface area contributed by atoms with Crippen LogP contribution < -0.4 is 16.3 Å². The second-order valence-electron chi connectivity index (χ2n) is 7.99. The number of aromatic nitrogens is 2. The van der Waals surface area contributed by atoms with Gasteiger partial charge in [-0.15, -0.1) is 24.8 Å². The fourth-order valence-corrected chi connectivity index (χ4v) is 4.45. The number of methoxy groups -OCH3 is 1. The Kier molecular flexibility index (Phi) is 9.94. The molecule has 182 valence electrons. The van der Waals surface area contributed by atoms with E-state index in [-0.39, 0.29) is 42.7 Å². The minimum absolute atomic E-state index is 0. The lowest BCUT2D eigenvalue weighted by molar-refractivity contribution is 0.212. The van der Waals surface area contributed by atoms with Crippen molar-refractivity contribution in [1.29, 1.82) is 5.41 Å². The summed E-state index contributed by atoms with van der Waals surface area (Å²) in [6.07, 6.45) is 7.74. The van der Waals surface area contributed by atoms with Crippen molar-refractivity contribution in [3.8, 4) is 5.75 Å². The lowest BCUT2D eigenvalue weighted by Crippen LogP contribution is -2.52. The lowest BCUT2D eigenvalue weighted by Gasteiger charge is -2.37. The Morgan fingerprint density at radius 3 is 2.47 bits per heavy atom. The first-order valence-electron chi connectivity index (χ1n) is 10.6. The van der Waals surface area contributed by atoms with Gasteiger partial charge < -0.3 is 10.5 Å². The average Bonchev–Trinajstić information content (AvgIpc) is 2.82. The number of hydrogen-bond acceptors (Lipinski definition) is 5. The Morgan fingerprint density at radius 2 is 1.79 bits per heavy atom. The monoisotopic (exact) mass is 522 g/mol. The van der Waals surface area contributed by atoms with E-state index >= 15 is 0 Å². The van der Waals surface area contributed by atoms with Gasteiger partial charge in [-0.25, -0.2) is 15.8 Å². The van der Waals surface area contributed by atoms with Crippen molar-refractivity contribution in [1.82, 2.24) is 15.0 Å². The number of halogens is 3. The summed E-state index contributed by atoms with van der Waals surface area (Å²) in [5.41, 5.74) is 8.48. The van der Waals surface area contributed by atoms with Gasteiger partial charge in [0.15, 0.2) is 5.82 Å². The van der Waals surface area contributed by atoms with Gasteiger partial charge in [-0.3, -0.25) is 10.4 Å². The van der Waals surface area contributed by atoms with Crippen LogP contribution in [0.25, 0.3) is 23.1 Å². The number of nitrogens with one attached hydrogen (secondary N) is 1. The molecule has 0 spiro atoms. The number of fused-ring (bicyclic) bond motifs is 1. The zero-order valence-corrected chi connectivity index (χ0v) is 21.2. The highest BCUT2D eigenvalue weighted by Gasteiger charge is 2.33. The molecule has 1 heterocycles. The van der Waals surface area contributed by atoms with E-state index in [2.05, 4.69) is 0 Å². The third kappa shape index (κ3) is 6.10. The molecule has 0 unspecified atom stereocenters. The van der Waals surface area contributed by atoms with Crippen LogP contribution in [0.3, 0.4) is 0 Å². The molecule has 2 aromatic carbocycles. The smallest absolute Gasteiger partial charge is 0.203 e. The van der Waals surface area contributed by atoms with Crippen LogP contribution in [0.2, 0.25) is 5.02 Å². The molecule has 1 aliphatic carbocycles. The molecule has 34 heavy (non-hydrogen) atoms. The Labute approximate surface area is 216 Å². The molecular formula is C24H29Cl3N6O. The van der Waals surface area contributed by atoms with Gasteiger partial charge in [-0.2, -0.15) is 0 Å². The maximum absolute atomic E-state index is 7.84. The second-order valence-corrected chi connectivity index (χ2v) is 8.42. The third-order valence-electron chi connectivity index (χ3n) is 5.96. The van der Waals surface area contributed by atoms with Crippen LogP contribution in [0.5, 0.6) is 5.75 Å². The highest BCUT2D eigenvalue weighted by Crippen LogP contribution is 2.38. The summed E-state index contributed by atoms with van der Waals surface area (Å²) in [5, 5.41) is 10.8. The van der Waals surface area contributed by atoms with Crippen LogP contribution in [0.4, 0.5) is 0 Å². The zero-order chi connectivity index (χ0) is 22.7. The molecule has 1 fully saturated rings. The Balaban J connectivity index is 0.00000204.